The smallest absolute Gasteiger partial charge is 0.240 e. The van der Waals surface area contributed by atoms with E-state index in [4.69, 9.17) is 27.9 Å². The number of carbonyl (C=O) groups is 2. The zero-order valence-electron chi connectivity index (χ0n) is 16.3. The highest BCUT2D eigenvalue weighted by atomic mass is 35.5. The molecule has 0 heterocycles. The molecule has 2 amide bonds. The van der Waals surface area contributed by atoms with Crippen molar-refractivity contribution in [3.05, 3.63) is 57.6 Å². The number of halogens is 2. The predicted octanol–water partition coefficient (Wildman–Crippen LogP) is 4.96. The number of nitrogens with one attached hydrogen (secondary N) is 2. The summed E-state index contributed by atoms with van der Waals surface area (Å²) in [4.78, 5) is 23.9. The van der Waals surface area contributed by atoms with Crippen molar-refractivity contribution in [2.45, 2.75) is 33.1 Å². The number of rotatable bonds is 9. The van der Waals surface area contributed by atoms with Crippen LogP contribution in [0.2, 0.25) is 10.0 Å². The fourth-order valence-corrected chi connectivity index (χ4v) is 2.68. The molecule has 0 atom stereocenters. The molecule has 2 aromatic rings. The molecule has 0 bridgehead atoms. The maximum atomic E-state index is 12.0. The monoisotopic (exact) mass is 435 g/mol. The zero-order chi connectivity index (χ0) is 21.2. The van der Waals surface area contributed by atoms with Crippen LogP contribution in [0.1, 0.15) is 37.3 Å². The van der Waals surface area contributed by atoms with Gasteiger partial charge in [0.25, 0.3) is 0 Å². The van der Waals surface area contributed by atoms with E-state index < -0.39 is 0 Å². The van der Waals surface area contributed by atoms with Gasteiger partial charge in [-0.15, -0.1) is 0 Å². The quantitative estimate of drug-likeness (QED) is 0.431. The summed E-state index contributed by atoms with van der Waals surface area (Å²) in [5.74, 6) is -0.0316. The van der Waals surface area contributed by atoms with Crippen LogP contribution >= 0.6 is 23.2 Å². The Hall–Kier alpha value is -2.57. The van der Waals surface area contributed by atoms with Gasteiger partial charge in [-0.05, 0) is 49.2 Å². The average Bonchev–Trinajstić information content (AvgIpc) is 2.68. The molecule has 0 aliphatic carbocycles. The van der Waals surface area contributed by atoms with E-state index in [2.05, 4.69) is 15.8 Å². The minimum absolute atomic E-state index is 0.00248. The van der Waals surface area contributed by atoms with Crippen LogP contribution in [0.15, 0.2) is 41.5 Å². The second-order valence-electron chi connectivity index (χ2n) is 6.34. The summed E-state index contributed by atoms with van der Waals surface area (Å²) in [7, 11) is 0. The van der Waals surface area contributed by atoms with E-state index >= 15 is 0 Å². The van der Waals surface area contributed by atoms with Crippen molar-refractivity contribution in [3.63, 3.8) is 0 Å². The molecule has 0 radical (unpaired) electrons. The molecule has 0 saturated carbocycles. The summed E-state index contributed by atoms with van der Waals surface area (Å²) in [5.41, 5.74) is 4.56. The molecular formula is C21H23Cl2N3O3. The molecule has 0 unspecified atom stereocenters. The number of anilines is 1. The topological polar surface area (TPSA) is 79.8 Å². The molecule has 8 heteroatoms. The van der Waals surface area contributed by atoms with Crippen LogP contribution in [0.5, 0.6) is 5.75 Å². The van der Waals surface area contributed by atoms with Crippen molar-refractivity contribution in [1.29, 1.82) is 0 Å². The van der Waals surface area contributed by atoms with E-state index in [9.17, 15) is 9.59 Å². The number of benzene rings is 2. The Morgan fingerprint density at radius 3 is 2.59 bits per heavy atom. The molecule has 0 saturated heterocycles. The SMILES string of the molecule is CCCOc1ccc(Cl)cc1C=NNC(=O)CCC(=O)Nc1ccc(C)c(Cl)c1. The Morgan fingerprint density at radius 2 is 1.86 bits per heavy atom. The Morgan fingerprint density at radius 1 is 1.10 bits per heavy atom. The molecule has 2 N–H and O–H groups in total. The number of hydrogen-bond acceptors (Lipinski definition) is 4. The van der Waals surface area contributed by atoms with Crippen LogP contribution in [-0.2, 0) is 9.59 Å². The van der Waals surface area contributed by atoms with E-state index in [0.717, 1.165) is 12.0 Å². The molecule has 2 aromatic carbocycles. The molecule has 29 heavy (non-hydrogen) atoms. The highest BCUT2D eigenvalue weighted by Gasteiger charge is 2.08. The lowest BCUT2D eigenvalue weighted by Gasteiger charge is -2.08. The first-order valence-corrected chi connectivity index (χ1v) is 9.95. The van der Waals surface area contributed by atoms with Gasteiger partial charge in [0.05, 0.1) is 12.8 Å². The summed E-state index contributed by atoms with van der Waals surface area (Å²) in [6, 6.07) is 10.4. The number of ether oxygens (including phenoxy) is 1. The van der Waals surface area contributed by atoms with Gasteiger partial charge < -0.3 is 10.1 Å². The van der Waals surface area contributed by atoms with Gasteiger partial charge >= 0.3 is 0 Å². The molecule has 0 aliphatic rings. The van der Waals surface area contributed by atoms with Crippen LogP contribution in [-0.4, -0.2) is 24.6 Å². The van der Waals surface area contributed by atoms with Crippen LogP contribution in [0.3, 0.4) is 0 Å². The van der Waals surface area contributed by atoms with Crippen molar-refractivity contribution in [2.75, 3.05) is 11.9 Å². The number of hydrazone groups is 1. The van der Waals surface area contributed by atoms with Crippen LogP contribution < -0.4 is 15.5 Å². The van der Waals surface area contributed by atoms with Gasteiger partial charge in [-0.3, -0.25) is 9.59 Å². The van der Waals surface area contributed by atoms with Gasteiger partial charge in [-0.2, -0.15) is 5.10 Å². The summed E-state index contributed by atoms with van der Waals surface area (Å²) >= 11 is 12.0. The number of aryl methyl sites for hydroxylation is 1. The first-order chi connectivity index (χ1) is 13.9. The first kappa shape index (κ1) is 22.7. The highest BCUT2D eigenvalue weighted by Crippen LogP contribution is 2.22. The minimum Gasteiger partial charge on any atom is -0.493 e. The van der Waals surface area contributed by atoms with Crippen molar-refractivity contribution in [1.82, 2.24) is 5.43 Å². The largest absolute Gasteiger partial charge is 0.493 e. The maximum Gasteiger partial charge on any atom is 0.240 e. The molecular weight excluding hydrogens is 413 g/mol. The fraction of sp³-hybridized carbons (Fsp3) is 0.286. The van der Waals surface area contributed by atoms with Gasteiger partial charge in [0.2, 0.25) is 11.8 Å². The Bertz CT molecular complexity index is 901. The maximum absolute atomic E-state index is 12.0. The molecule has 0 aromatic heterocycles. The van der Waals surface area contributed by atoms with Gasteiger partial charge in [-0.25, -0.2) is 5.43 Å². The minimum atomic E-state index is -0.378. The van der Waals surface area contributed by atoms with Crippen molar-refractivity contribution in [2.24, 2.45) is 5.10 Å². The number of nitrogens with zero attached hydrogens (tertiary/aromatic N) is 1. The van der Waals surface area contributed by atoms with Crippen molar-refractivity contribution < 1.29 is 14.3 Å². The lowest BCUT2D eigenvalue weighted by atomic mass is 10.2. The summed E-state index contributed by atoms with van der Waals surface area (Å²) in [6.07, 6.45) is 2.35. The Balaban J connectivity index is 1.82. The third kappa shape index (κ3) is 7.75. The lowest BCUT2D eigenvalue weighted by molar-refractivity contribution is -0.124. The molecule has 6 nitrogen and oxygen atoms in total. The highest BCUT2D eigenvalue weighted by molar-refractivity contribution is 6.31. The standard InChI is InChI=1S/C21H23Cl2N3O3/c1-3-10-29-19-7-5-16(22)11-15(19)13-24-26-21(28)9-8-20(27)25-17-6-4-14(2)18(23)12-17/h4-7,11-13H,3,8-10H2,1-2H3,(H,25,27)(H,26,28). The van der Waals surface area contributed by atoms with Gasteiger partial charge in [0.1, 0.15) is 5.75 Å². The van der Waals surface area contributed by atoms with Crippen LogP contribution in [0.4, 0.5) is 5.69 Å². The van der Waals surface area contributed by atoms with Crippen LogP contribution in [0, 0.1) is 6.92 Å². The summed E-state index contributed by atoms with van der Waals surface area (Å²) in [6.45, 7) is 4.45. The van der Waals surface area contributed by atoms with E-state index in [-0.39, 0.29) is 24.7 Å². The predicted molar refractivity (Wildman–Crippen MR) is 117 cm³/mol. The number of hydrogen-bond donors (Lipinski definition) is 2. The molecule has 0 aliphatic heterocycles. The van der Waals surface area contributed by atoms with E-state index in [1.807, 2.05) is 19.9 Å². The van der Waals surface area contributed by atoms with Crippen LogP contribution in [0.25, 0.3) is 0 Å². The normalized spacial score (nSPS) is 10.8. The number of carbonyl (C=O) groups excluding carboxylic acids is 2. The van der Waals surface area contributed by atoms with Gasteiger partial charge in [0, 0.05) is 34.1 Å². The van der Waals surface area contributed by atoms with Crippen molar-refractivity contribution >= 4 is 46.9 Å². The Labute approximate surface area is 180 Å². The van der Waals surface area contributed by atoms with E-state index in [1.54, 1.807) is 30.3 Å². The van der Waals surface area contributed by atoms with Gasteiger partial charge in [-0.1, -0.05) is 36.2 Å². The Kier molecular flexibility index (Phi) is 8.96. The first-order valence-electron chi connectivity index (χ1n) is 9.19. The second-order valence-corrected chi connectivity index (χ2v) is 7.18. The molecule has 154 valence electrons. The van der Waals surface area contributed by atoms with Gasteiger partial charge in [0.15, 0.2) is 0 Å². The van der Waals surface area contributed by atoms with E-state index in [0.29, 0.717) is 33.7 Å². The average molecular weight is 436 g/mol. The zero-order valence-corrected chi connectivity index (χ0v) is 17.8. The molecule has 0 spiro atoms. The van der Waals surface area contributed by atoms with Crippen molar-refractivity contribution in [3.8, 4) is 5.75 Å². The summed E-state index contributed by atoms with van der Waals surface area (Å²) in [5, 5.41) is 7.73. The number of amides is 2. The fourth-order valence-electron chi connectivity index (χ4n) is 2.31. The third-order valence-electron chi connectivity index (χ3n) is 3.86. The lowest BCUT2D eigenvalue weighted by Crippen LogP contribution is -2.20. The third-order valence-corrected chi connectivity index (χ3v) is 4.50. The van der Waals surface area contributed by atoms with E-state index in [1.165, 1.54) is 6.21 Å². The molecule has 2 rings (SSSR count). The summed E-state index contributed by atoms with van der Waals surface area (Å²) < 4.78 is 5.63. The molecule has 0 fully saturated rings. The second kappa shape index (κ2) is 11.4.